The van der Waals surface area contributed by atoms with Crippen LogP contribution in [-0.2, 0) is 6.42 Å². The van der Waals surface area contributed by atoms with Crippen molar-refractivity contribution in [2.75, 3.05) is 18.1 Å². The maximum Gasteiger partial charge on any atom is 0.0410 e. The van der Waals surface area contributed by atoms with Crippen LogP contribution in [0, 0.1) is 0 Å². The average molecular weight is 375 g/mol. The van der Waals surface area contributed by atoms with E-state index in [1.54, 1.807) is 0 Å². The van der Waals surface area contributed by atoms with Gasteiger partial charge in [0.1, 0.15) is 0 Å². The molecule has 1 aromatic rings. The standard InChI is InChI=1S/C15H23BrN2S2/c1-3-14-15(20-6-5-19-14)13(18-4-2)8-11-7-12(16)10-17-9-11/h7,9-10,13-15,18H,3-6,8H2,1-2H3. The summed E-state index contributed by atoms with van der Waals surface area (Å²) in [6.07, 6.45) is 6.18. The first-order valence-corrected chi connectivity index (χ1v) is 10.2. The van der Waals surface area contributed by atoms with Crippen LogP contribution >= 0.6 is 39.5 Å². The summed E-state index contributed by atoms with van der Waals surface area (Å²) in [6.45, 7) is 5.55. The number of thioether (sulfide) groups is 2. The van der Waals surface area contributed by atoms with E-state index in [4.69, 9.17) is 0 Å². The van der Waals surface area contributed by atoms with E-state index in [1.807, 2.05) is 12.4 Å². The predicted molar refractivity (Wildman–Crippen MR) is 95.9 cm³/mol. The lowest BCUT2D eigenvalue weighted by Crippen LogP contribution is -2.46. The zero-order chi connectivity index (χ0) is 14.4. The van der Waals surface area contributed by atoms with Crippen LogP contribution in [0.4, 0.5) is 0 Å². The summed E-state index contributed by atoms with van der Waals surface area (Å²) in [7, 11) is 0. The lowest BCUT2D eigenvalue weighted by molar-refractivity contribution is 0.489. The lowest BCUT2D eigenvalue weighted by Gasteiger charge is -2.36. The van der Waals surface area contributed by atoms with Crippen LogP contribution in [0.15, 0.2) is 22.9 Å². The smallest absolute Gasteiger partial charge is 0.0410 e. The van der Waals surface area contributed by atoms with Crippen LogP contribution in [-0.4, -0.2) is 39.6 Å². The molecular formula is C15H23BrN2S2. The topological polar surface area (TPSA) is 24.9 Å². The van der Waals surface area contributed by atoms with Crippen molar-refractivity contribution in [2.24, 2.45) is 0 Å². The molecule has 1 aliphatic heterocycles. The molecule has 0 bridgehead atoms. The molecule has 1 saturated heterocycles. The molecule has 0 amide bonds. The number of nitrogens with one attached hydrogen (secondary N) is 1. The summed E-state index contributed by atoms with van der Waals surface area (Å²) in [5.41, 5.74) is 1.32. The van der Waals surface area contributed by atoms with Crippen molar-refractivity contribution in [1.29, 1.82) is 0 Å². The van der Waals surface area contributed by atoms with E-state index in [2.05, 4.69) is 69.7 Å². The first-order valence-electron chi connectivity index (χ1n) is 7.30. The lowest BCUT2D eigenvalue weighted by atomic mass is 10.0. The van der Waals surface area contributed by atoms with Gasteiger partial charge in [0, 0.05) is 44.9 Å². The molecule has 3 unspecified atom stereocenters. The number of aromatic nitrogens is 1. The van der Waals surface area contributed by atoms with Crippen LogP contribution in [0.2, 0.25) is 0 Å². The van der Waals surface area contributed by atoms with Gasteiger partial charge in [-0.05, 0) is 46.9 Å². The third kappa shape index (κ3) is 4.65. The predicted octanol–water partition coefficient (Wildman–Crippen LogP) is 3.99. The van der Waals surface area contributed by atoms with Gasteiger partial charge in [-0.3, -0.25) is 4.98 Å². The first kappa shape index (κ1) is 16.7. The summed E-state index contributed by atoms with van der Waals surface area (Å²) < 4.78 is 1.07. The molecule has 5 heteroatoms. The van der Waals surface area contributed by atoms with Crippen molar-refractivity contribution in [3.8, 4) is 0 Å². The van der Waals surface area contributed by atoms with Crippen LogP contribution < -0.4 is 5.32 Å². The zero-order valence-corrected chi connectivity index (χ0v) is 15.4. The maximum absolute atomic E-state index is 4.30. The van der Waals surface area contributed by atoms with Gasteiger partial charge in [0.05, 0.1) is 0 Å². The third-order valence-corrected chi connectivity index (χ3v) is 7.42. The molecule has 1 N–H and O–H groups in total. The van der Waals surface area contributed by atoms with Crippen molar-refractivity contribution < 1.29 is 0 Å². The Hall–Kier alpha value is 0.290. The van der Waals surface area contributed by atoms with E-state index in [0.29, 0.717) is 11.3 Å². The third-order valence-electron chi connectivity index (χ3n) is 3.57. The highest BCUT2D eigenvalue weighted by Crippen LogP contribution is 2.36. The van der Waals surface area contributed by atoms with E-state index >= 15 is 0 Å². The molecule has 2 rings (SSSR count). The Labute approximate surface area is 139 Å². The first-order chi connectivity index (χ1) is 9.74. The van der Waals surface area contributed by atoms with Gasteiger partial charge in [0.25, 0.3) is 0 Å². The Kier molecular flexibility index (Phi) is 7.22. The minimum Gasteiger partial charge on any atom is -0.313 e. The fourth-order valence-corrected chi connectivity index (χ4v) is 6.37. The van der Waals surface area contributed by atoms with E-state index in [9.17, 15) is 0 Å². The van der Waals surface area contributed by atoms with Crippen molar-refractivity contribution >= 4 is 39.5 Å². The van der Waals surface area contributed by atoms with E-state index < -0.39 is 0 Å². The molecule has 0 aromatic carbocycles. The van der Waals surface area contributed by atoms with Gasteiger partial charge in [-0.1, -0.05) is 13.8 Å². The Morgan fingerprint density at radius 2 is 2.15 bits per heavy atom. The normalized spacial score (nSPS) is 24.6. The molecular weight excluding hydrogens is 352 g/mol. The highest BCUT2D eigenvalue weighted by atomic mass is 79.9. The van der Waals surface area contributed by atoms with Crippen molar-refractivity contribution in [2.45, 2.75) is 43.2 Å². The Morgan fingerprint density at radius 1 is 1.35 bits per heavy atom. The van der Waals surface area contributed by atoms with Gasteiger partial charge >= 0.3 is 0 Å². The molecule has 0 spiro atoms. The molecule has 0 aliphatic carbocycles. The summed E-state index contributed by atoms with van der Waals surface area (Å²) in [5.74, 6) is 2.58. The van der Waals surface area contributed by atoms with Crippen molar-refractivity contribution in [3.63, 3.8) is 0 Å². The number of pyridine rings is 1. The number of rotatable bonds is 6. The second-order valence-electron chi connectivity index (χ2n) is 5.03. The minimum atomic E-state index is 0.541. The van der Waals surface area contributed by atoms with E-state index in [-0.39, 0.29) is 0 Å². The summed E-state index contributed by atoms with van der Waals surface area (Å²) in [5, 5.41) is 5.19. The molecule has 1 aliphatic rings. The van der Waals surface area contributed by atoms with Gasteiger partial charge in [0.15, 0.2) is 0 Å². The van der Waals surface area contributed by atoms with Crippen molar-refractivity contribution in [3.05, 3.63) is 28.5 Å². The molecule has 20 heavy (non-hydrogen) atoms. The Balaban J connectivity index is 2.09. The largest absolute Gasteiger partial charge is 0.313 e. The van der Waals surface area contributed by atoms with E-state index in [1.165, 1.54) is 23.5 Å². The molecule has 2 heterocycles. The van der Waals surface area contributed by atoms with Crippen LogP contribution in [0.3, 0.4) is 0 Å². The monoisotopic (exact) mass is 374 g/mol. The second-order valence-corrected chi connectivity index (χ2v) is 8.58. The van der Waals surface area contributed by atoms with E-state index in [0.717, 1.165) is 22.7 Å². The van der Waals surface area contributed by atoms with Gasteiger partial charge in [0.2, 0.25) is 0 Å². The van der Waals surface area contributed by atoms with Gasteiger partial charge < -0.3 is 5.32 Å². The SMILES string of the molecule is CCNC(Cc1cncc(Br)c1)C1SCCSC1CC. The highest BCUT2D eigenvalue weighted by molar-refractivity contribution is 9.10. The molecule has 1 aromatic heterocycles. The molecule has 2 nitrogen and oxygen atoms in total. The fourth-order valence-electron chi connectivity index (χ4n) is 2.70. The Bertz CT molecular complexity index is 417. The van der Waals surface area contributed by atoms with Crippen molar-refractivity contribution in [1.82, 2.24) is 10.3 Å². The summed E-state index contributed by atoms with van der Waals surface area (Å²) >= 11 is 7.83. The van der Waals surface area contributed by atoms with Crippen LogP contribution in [0.1, 0.15) is 25.8 Å². The molecule has 1 fully saturated rings. The number of hydrogen-bond acceptors (Lipinski definition) is 4. The minimum absolute atomic E-state index is 0.541. The number of nitrogens with zero attached hydrogens (tertiary/aromatic N) is 1. The number of hydrogen-bond donors (Lipinski definition) is 1. The average Bonchev–Trinajstić information content (AvgIpc) is 2.47. The molecule has 112 valence electrons. The second kappa shape index (κ2) is 8.66. The molecule has 0 radical (unpaired) electrons. The molecule has 0 saturated carbocycles. The molecule has 3 atom stereocenters. The fraction of sp³-hybridized carbons (Fsp3) is 0.667. The zero-order valence-electron chi connectivity index (χ0n) is 12.1. The number of halogens is 1. The number of likely N-dealkylation sites (N-methyl/N-ethyl adjacent to an activating group) is 1. The summed E-state index contributed by atoms with van der Waals surface area (Å²) in [4.78, 5) is 4.30. The quantitative estimate of drug-likeness (QED) is 0.813. The van der Waals surface area contributed by atoms with Gasteiger partial charge in [-0.15, -0.1) is 0 Å². The van der Waals surface area contributed by atoms with Crippen LogP contribution in [0.5, 0.6) is 0 Å². The Morgan fingerprint density at radius 3 is 2.85 bits per heavy atom. The maximum atomic E-state index is 4.30. The highest BCUT2D eigenvalue weighted by Gasteiger charge is 2.31. The van der Waals surface area contributed by atoms with Gasteiger partial charge in [-0.25, -0.2) is 0 Å². The van der Waals surface area contributed by atoms with Gasteiger partial charge in [-0.2, -0.15) is 23.5 Å². The summed E-state index contributed by atoms with van der Waals surface area (Å²) in [6, 6.07) is 2.73. The van der Waals surface area contributed by atoms with Crippen LogP contribution in [0.25, 0.3) is 0 Å².